The summed E-state index contributed by atoms with van der Waals surface area (Å²) < 4.78 is 5.32. The summed E-state index contributed by atoms with van der Waals surface area (Å²) >= 11 is 0. The molecule has 1 aromatic rings. The van der Waals surface area contributed by atoms with E-state index in [1.807, 2.05) is 32.0 Å². The predicted molar refractivity (Wildman–Crippen MR) is 68.4 cm³/mol. The van der Waals surface area contributed by atoms with Crippen LogP contribution in [0.3, 0.4) is 0 Å². The van der Waals surface area contributed by atoms with E-state index >= 15 is 0 Å². The van der Waals surface area contributed by atoms with Crippen molar-refractivity contribution in [2.24, 2.45) is 5.92 Å². The van der Waals surface area contributed by atoms with Gasteiger partial charge >= 0.3 is 0 Å². The van der Waals surface area contributed by atoms with Gasteiger partial charge in [0.1, 0.15) is 0 Å². The van der Waals surface area contributed by atoms with E-state index < -0.39 is 0 Å². The molecule has 0 atom stereocenters. The molecular formula is C15H20O2. The maximum Gasteiger partial charge on any atom is 0.163 e. The zero-order chi connectivity index (χ0) is 12.3. The first-order chi connectivity index (χ1) is 8.18. The van der Waals surface area contributed by atoms with Crippen LogP contribution in [0.1, 0.15) is 40.7 Å². The minimum atomic E-state index is 0.299. The molecular weight excluding hydrogens is 212 g/mol. The molecule has 0 N–H and O–H groups in total. The second-order valence-electron chi connectivity index (χ2n) is 4.95. The van der Waals surface area contributed by atoms with E-state index in [4.69, 9.17) is 4.74 Å². The lowest BCUT2D eigenvalue weighted by molar-refractivity contribution is 0.0600. The molecule has 2 heteroatoms. The fourth-order valence-corrected chi connectivity index (χ4v) is 2.57. The summed E-state index contributed by atoms with van der Waals surface area (Å²) in [7, 11) is 0. The molecule has 0 spiro atoms. The molecule has 0 radical (unpaired) electrons. The Labute approximate surface area is 103 Å². The van der Waals surface area contributed by atoms with Crippen LogP contribution in [0.4, 0.5) is 0 Å². The quantitative estimate of drug-likeness (QED) is 0.747. The van der Waals surface area contributed by atoms with Crippen molar-refractivity contribution < 1.29 is 9.53 Å². The van der Waals surface area contributed by atoms with E-state index in [9.17, 15) is 4.79 Å². The third-order valence-corrected chi connectivity index (χ3v) is 3.57. The number of Topliss-reactive ketones (excluding diaryl/α,β-unsaturated/α-hetero) is 1. The Morgan fingerprint density at radius 1 is 1.24 bits per heavy atom. The Hall–Kier alpha value is -1.15. The third kappa shape index (κ3) is 2.95. The number of carbonyl (C=O) groups is 1. The number of hydrogen-bond donors (Lipinski definition) is 0. The summed E-state index contributed by atoms with van der Waals surface area (Å²) in [5.74, 6) is 0.808. The highest BCUT2D eigenvalue weighted by molar-refractivity contribution is 5.98. The van der Waals surface area contributed by atoms with Crippen LogP contribution in [0.2, 0.25) is 0 Å². The van der Waals surface area contributed by atoms with Crippen molar-refractivity contribution in [2.75, 3.05) is 13.2 Å². The van der Waals surface area contributed by atoms with Gasteiger partial charge in [0.25, 0.3) is 0 Å². The van der Waals surface area contributed by atoms with Crippen molar-refractivity contribution in [1.29, 1.82) is 0 Å². The maximum absolute atomic E-state index is 12.3. The van der Waals surface area contributed by atoms with Crippen LogP contribution < -0.4 is 0 Å². The van der Waals surface area contributed by atoms with Crippen LogP contribution in [0.25, 0.3) is 0 Å². The van der Waals surface area contributed by atoms with Gasteiger partial charge in [0.15, 0.2) is 5.78 Å². The summed E-state index contributed by atoms with van der Waals surface area (Å²) in [5, 5.41) is 0. The van der Waals surface area contributed by atoms with E-state index in [-0.39, 0.29) is 0 Å². The Morgan fingerprint density at radius 2 is 1.82 bits per heavy atom. The lowest BCUT2D eigenvalue weighted by atomic mass is 9.89. The molecule has 2 nitrogen and oxygen atoms in total. The molecule has 0 aliphatic carbocycles. The molecule has 2 rings (SSSR count). The van der Waals surface area contributed by atoms with Crippen LogP contribution in [0, 0.1) is 19.8 Å². The van der Waals surface area contributed by atoms with Crippen molar-refractivity contribution in [3.63, 3.8) is 0 Å². The first kappa shape index (κ1) is 12.3. The largest absolute Gasteiger partial charge is 0.381 e. The van der Waals surface area contributed by atoms with Crippen LogP contribution in [-0.2, 0) is 4.74 Å². The Morgan fingerprint density at radius 3 is 2.41 bits per heavy atom. The van der Waals surface area contributed by atoms with Gasteiger partial charge in [-0.1, -0.05) is 18.2 Å². The molecule has 0 saturated carbocycles. The lowest BCUT2D eigenvalue weighted by Crippen LogP contribution is -2.19. The number of hydrogen-bond acceptors (Lipinski definition) is 2. The van der Waals surface area contributed by atoms with Crippen LogP contribution >= 0.6 is 0 Å². The van der Waals surface area contributed by atoms with Gasteiger partial charge in [-0.25, -0.2) is 0 Å². The Bertz CT molecular complexity index is 383. The first-order valence-corrected chi connectivity index (χ1v) is 6.35. The molecule has 0 amide bonds. The minimum absolute atomic E-state index is 0.299. The first-order valence-electron chi connectivity index (χ1n) is 6.35. The second-order valence-corrected chi connectivity index (χ2v) is 4.95. The SMILES string of the molecule is Cc1cccc(C)c1C(=O)CC1CCOCC1. The molecule has 1 fully saturated rings. The molecule has 1 saturated heterocycles. The monoisotopic (exact) mass is 232 g/mol. The van der Waals surface area contributed by atoms with Crippen LogP contribution in [-0.4, -0.2) is 19.0 Å². The zero-order valence-corrected chi connectivity index (χ0v) is 10.7. The number of rotatable bonds is 3. The molecule has 1 aromatic carbocycles. The van der Waals surface area contributed by atoms with Crippen molar-refractivity contribution in [1.82, 2.24) is 0 Å². The molecule has 1 aliphatic rings. The summed E-state index contributed by atoms with van der Waals surface area (Å²) in [6, 6.07) is 6.05. The number of carbonyl (C=O) groups excluding carboxylic acids is 1. The Kier molecular flexibility index (Phi) is 3.95. The fourth-order valence-electron chi connectivity index (χ4n) is 2.57. The van der Waals surface area contributed by atoms with Crippen molar-refractivity contribution in [3.8, 4) is 0 Å². The van der Waals surface area contributed by atoms with Crippen LogP contribution in [0.15, 0.2) is 18.2 Å². The number of ether oxygens (including phenoxy) is 1. The molecule has 1 aliphatic heterocycles. The van der Waals surface area contributed by atoms with Gasteiger partial charge in [0, 0.05) is 25.2 Å². The van der Waals surface area contributed by atoms with Gasteiger partial charge in [-0.15, -0.1) is 0 Å². The standard InChI is InChI=1S/C15H20O2/c1-11-4-3-5-12(2)15(11)14(16)10-13-6-8-17-9-7-13/h3-5,13H,6-10H2,1-2H3. The highest BCUT2D eigenvalue weighted by Gasteiger charge is 2.20. The Balaban J connectivity index is 2.08. The van der Waals surface area contributed by atoms with E-state index in [1.165, 1.54) is 0 Å². The van der Waals surface area contributed by atoms with Gasteiger partial charge in [-0.05, 0) is 43.7 Å². The lowest BCUT2D eigenvalue weighted by Gasteiger charge is -2.21. The third-order valence-electron chi connectivity index (χ3n) is 3.57. The highest BCUT2D eigenvalue weighted by Crippen LogP contribution is 2.23. The number of aryl methyl sites for hydroxylation is 2. The average molecular weight is 232 g/mol. The highest BCUT2D eigenvalue weighted by atomic mass is 16.5. The van der Waals surface area contributed by atoms with Gasteiger partial charge in [0.2, 0.25) is 0 Å². The normalized spacial score (nSPS) is 17.1. The van der Waals surface area contributed by atoms with E-state index in [2.05, 4.69) is 0 Å². The molecule has 0 unspecified atom stereocenters. The number of benzene rings is 1. The van der Waals surface area contributed by atoms with E-state index in [0.29, 0.717) is 18.1 Å². The van der Waals surface area contributed by atoms with Gasteiger partial charge < -0.3 is 4.74 Å². The topological polar surface area (TPSA) is 26.3 Å². The molecule has 0 bridgehead atoms. The molecule has 17 heavy (non-hydrogen) atoms. The number of ketones is 1. The van der Waals surface area contributed by atoms with E-state index in [1.54, 1.807) is 0 Å². The van der Waals surface area contributed by atoms with Gasteiger partial charge in [0.05, 0.1) is 0 Å². The van der Waals surface area contributed by atoms with Crippen molar-refractivity contribution >= 4 is 5.78 Å². The molecule has 1 heterocycles. The summed E-state index contributed by atoms with van der Waals surface area (Å²) in [6.07, 6.45) is 2.72. The molecule has 0 aromatic heterocycles. The van der Waals surface area contributed by atoms with Gasteiger partial charge in [-0.3, -0.25) is 4.79 Å². The predicted octanol–water partition coefficient (Wildman–Crippen LogP) is 3.30. The zero-order valence-electron chi connectivity index (χ0n) is 10.7. The summed E-state index contributed by atoms with van der Waals surface area (Å²) in [5.41, 5.74) is 3.13. The summed E-state index contributed by atoms with van der Waals surface area (Å²) in [6.45, 7) is 5.66. The fraction of sp³-hybridized carbons (Fsp3) is 0.533. The van der Waals surface area contributed by atoms with Gasteiger partial charge in [-0.2, -0.15) is 0 Å². The average Bonchev–Trinajstić information content (AvgIpc) is 2.30. The van der Waals surface area contributed by atoms with Crippen LogP contribution in [0.5, 0.6) is 0 Å². The maximum atomic E-state index is 12.3. The van der Waals surface area contributed by atoms with E-state index in [0.717, 1.165) is 42.7 Å². The second kappa shape index (κ2) is 5.46. The smallest absolute Gasteiger partial charge is 0.163 e. The summed E-state index contributed by atoms with van der Waals surface area (Å²) in [4.78, 5) is 12.3. The minimum Gasteiger partial charge on any atom is -0.381 e. The molecule has 92 valence electrons. The van der Waals surface area contributed by atoms with Crippen molar-refractivity contribution in [2.45, 2.75) is 33.1 Å². The van der Waals surface area contributed by atoms with Crippen molar-refractivity contribution in [3.05, 3.63) is 34.9 Å².